The topological polar surface area (TPSA) is 105 Å². The first-order valence-electron chi connectivity index (χ1n) is 10.2. The molecular weight excluding hydrogens is 390 g/mol. The van der Waals surface area contributed by atoms with Crippen molar-refractivity contribution in [2.45, 2.75) is 56.7 Å². The van der Waals surface area contributed by atoms with Gasteiger partial charge in [-0.1, -0.05) is 18.5 Å². The van der Waals surface area contributed by atoms with Crippen molar-refractivity contribution in [2.24, 2.45) is 11.7 Å². The molecule has 0 bridgehead atoms. The smallest absolute Gasteiger partial charge is 0.254 e. The average Bonchev–Trinajstić information content (AvgIpc) is 3.27. The van der Waals surface area contributed by atoms with Crippen molar-refractivity contribution in [3.8, 4) is 0 Å². The predicted molar refractivity (Wildman–Crippen MR) is 114 cm³/mol. The Morgan fingerprint density at radius 2 is 2.07 bits per heavy atom. The Hall–Kier alpha value is -2.09. The Labute approximate surface area is 175 Å². The zero-order chi connectivity index (χ0) is 20.6. The molecule has 156 valence electrons. The normalized spacial score (nSPS) is 25.6. The molecule has 1 aromatic heterocycles. The number of rotatable bonds is 7. The Kier molecular flexibility index (Phi) is 5.55. The molecule has 2 aliphatic rings. The number of amides is 1. The van der Waals surface area contributed by atoms with Gasteiger partial charge in [0.1, 0.15) is 5.56 Å². The van der Waals surface area contributed by atoms with Crippen molar-refractivity contribution in [2.75, 3.05) is 11.9 Å². The fourth-order valence-corrected chi connectivity index (χ4v) is 4.24. The van der Waals surface area contributed by atoms with E-state index in [-0.39, 0.29) is 6.04 Å². The molecule has 3 atom stereocenters. The highest BCUT2D eigenvalue weighted by molar-refractivity contribution is 6.30. The molecule has 7 nitrogen and oxygen atoms in total. The monoisotopic (exact) mass is 417 g/mol. The van der Waals surface area contributed by atoms with E-state index in [1.165, 1.54) is 0 Å². The quantitative estimate of drug-likeness (QED) is 0.553. The number of carbonyl (C=O) groups is 1. The fourth-order valence-electron chi connectivity index (χ4n) is 4.12. The van der Waals surface area contributed by atoms with Crippen LogP contribution < -0.4 is 16.4 Å². The molecule has 29 heavy (non-hydrogen) atoms. The molecule has 0 aliphatic heterocycles. The molecule has 1 aromatic carbocycles. The lowest BCUT2D eigenvalue weighted by Crippen LogP contribution is -2.41. The maximum Gasteiger partial charge on any atom is 0.254 e. The molecule has 1 unspecified atom stereocenters. The number of nitrogens with zero attached hydrogens (tertiary/aromatic N) is 2. The molecule has 4 rings (SSSR count). The van der Waals surface area contributed by atoms with E-state index in [2.05, 4.69) is 22.7 Å². The maximum absolute atomic E-state index is 12.0. The van der Waals surface area contributed by atoms with Gasteiger partial charge in [0.25, 0.3) is 5.91 Å². The van der Waals surface area contributed by atoms with Gasteiger partial charge in [-0.3, -0.25) is 9.48 Å². The van der Waals surface area contributed by atoms with Crippen LogP contribution in [0.1, 0.15) is 55.4 Å². The summed E-state index contributed by atoms with van der Waals surface area (Å²) < 4.78 is 1.88. The van der Waals surface area contributed by atoms with E-state index < -0.39 is 11.5 Å². The number of primary amides is 1. The molecule has 0 saturated heterocycles. The second kappa shape index (κ2) is 7.97. The van der Waals surface area contributed by atoms with Crippen LogP contribution in [0.2, 0.25) is 5.02 Å². The number of aliphatic hydroxyl groups is 1. The molecule has 5 N–H and O–H groups in total. The summed E-state index contributed by atoms with van der Waals surface area (Å²) in [5.41, 5.74) is 6.29. The van der Waals surface area contributed by atoms with Crippen molar-refractivity contribution >= 4 is 29.0 Å². The predicted octanol–water partition coefficient (Wildman–Crippen LogP) is 3.22. The van der Waals surface area contributed by atoms with Gasteiger partial charge in [0.15, 0.2) is 5.82 Å². The van der Waals surface area contributed by atoms with Gasteiger partial charge in [-0.15, -0.1) is 0 Å². The number of aromatic nitrogens is 2. The van der Waals surface area contributed by atoms with Gasteiger partial charge in [-0.2, -0.15) is 5.10 Å². The van der Waals surface area contributed by atoms with E-state index in [1.54, 1.807) is 18.3 Å². The minimum absolute atomic E-state index is 0.205. The Balaban J connectivity index is 1.45. The van der Waals surface area contributed by atoms with Gasteiger partial charge in [0.2, 0.25) is 0 Å². The lowest BCUT2D eigenvalue weighted by atomic mass is 9.82. The number of hydrogen-bond acceptors (Lipinski definition) is 5. The number of nitrogens with two attached hydrogens (primary N) is 1. The molecule has 0 radical (unpaired) electrons. The molecule has 2 aromatic rings. The average molecular weight is 418 g/mol. The zero-order valence-electron chi connectivity index (χ0n) is 16.6. The highest BCUT2D eigenvalue weighted by Gasteiger charge is 2.41. The molecule has 1 amide bonds. The lowest BCUT2D eigenvalue weighted by Gasteiger charge is -2.35. The van der Waals surface area contributed by atoms with Crippen LogP contribution in [-0.4, -0.2) is 39.0 Å². The van der Waals surface area contributed by atoms with Crippen LogP contribution in [0.3, 0.4) is 0 Å². The molecule has 0 spiro atoms. The van der Waals surface area contributed by atoms with Crippen molar-refractivity contribution in [1.82, 2.24) is 15.1 Å². The highest BCUT2D eigenvalue weighted by atomic mass is 35.5. The number of halogens is 1. The molecule has 2 aliphatic carbocycles. The van der Waals surface area contributed by atoms with Crippen LogP contribution in [0.15, 0.2) is 30.5 Å². The SMILES string of the molecule is C[C@H]1C[C@@H](NCC2(O)CC2)CCC1n1cc(C(N)=O)c(Nc2ccc(Cl)cc2)n1. The van der Waals surface area contributed by atoms with Crippen LogP contribution >= 0.6 is 11.6 Å². The molecule has 1 heterocycles. The van der Waals surface area contributed by atoms with Crippen LogP contribution in [0.25, 0.3) is 0 Å². The van der Waals surface area contributed by atoms with Crippen LogP contribution in [0, 0.1) is 5.92 Å². The van der Waals surface area contributed by atoms with Crippen molar-refractivity contribution < 1.29 is 9.90 Å². The number of nitrogens with one attached hydrogen (secondary N) is 2. The van der Waals surface area contributed by atoms with Gasteiger partial charge in [-0.05, 0) is 62.3 Å². The van der Waals surface area contributed by atoms with Gasteiger partial charge in [-0.25, -0.2) is 0 Å². The van der Waals surface area contributed by atoms with Gasteiger partial charge < -0.3 is 21.5 Å². The van der Waals surface area contributed by atoms with Crippen molar-refractivity contribution in [3.05, 3.63) is 41.0 Å². The van der Waals surface area contributed by atoms with E-state index in [0.29, 0.717) is 34.9 Å². The summed E-state index contributed by atoms with van der Waals surface area (Å²) in [5, 5.41) is 22.0. The maximum atomic E-state index is 12.0. The second-order valence-electron chi connectivity index (χ2n) is 8.53. The van der Waals surface area contributed by atoms with Crippen LogP contribution in [0.5, 0.6) is 0 Å². The molecule has 2 saturated carbocycles. The summed E-state index contributed by atoms with van der Waals surface area (Å²) >= 11 is 5.94. The number of hydrogen-bond donors (Lipinski definition) is 4. The van der Waals surface area contributed by atoms with E-state index in [0.717, 1.165) is 37.8 Å². The molecule has 8 heteroatoms. The van der Waals surface area contributed by atoms with Gasteiger partial charge >= 0.3 is 0 Å². The number of anilines is 2. The third-order valence-corrected chi connectivity index (χ3v) is 6.37. The van der Waals surface area contributed by atoms with E-state index in [9.17, 15) is 9.90 Å². The standard InChI is InChI=1S/C21H28ClN5O2/c1-13-10-16(24-12-21(29)8-9-21)6-7-18(13)27-11-17(19(23)28)20(26-27)25-15-4-2-14(22)3-5-15/h2-5,11,13,16,18,24,29H,6-10,12H2,1H3,(H2,23,28)(H,25,26)/t13-,16-,18?/m0/s1. The minimum atomic E-state index is -0.506. The first kappa shape index (κ1) is 20.2. The summed E-state index contributed by atoms with van der Waals surface area (Å²) in [5.74, 6) is 0.343. The first-order chi connectivity index (χ1) is 13.8. The Morgan fingerprint density at radius 1 is 1.34 bits per heavy atom. The van der Waals surface area contributed by atoms with Crippen molar-refractivity contribution in [1.29, 1.82) is 0 Å². The van der Waals surface area contributed by atoms with Gasteiger partial charge in [0, 0.05) is 29.5 Å². The summed E-state index contributed by atoms with van der Waals surface area (Å²) in [7, 11) is 0. The summed E-state index contributed by atoms with van der Waals surface area (Å²) in [6, 6.07) is 7.83. The number of carbonyl (C=O) groups excluding carboxylic acids is 1. The Morgan fingerprint density at radius 3 is 2.69 bits per heavy atom. The van der Waals surface area contributed by atoms with Crippen LogP contribution in [0.4, 0.5) is 11.5 Å². The third-order valence-electron chi connectivity index (χ3n) is 6.12. The fraction of sp³-hybridized carbons (Fsp3) is 0.524. The van der Waals surface area contributed by atoms with E-state index in [4.69, 9.17) is 17.3 Å². The first-order valence-corrected chi connectivity index (χ1v) is 10.6. The van der Waals surface area contributed by atoms with Crippen LogP contribution in [-0.2, 0) is 0 Å². The summed E-state index contributed by atoms with van der Waals surface area (Å²) in [6.07, 6.45) is 6.53. The lowest BCUT2D eigenvalue weighted by molar-refractivity contribution is 0.100. The molecule has 2 fully saturated rings. The minimum Gasteiger partial charge on any atom is -0.389 e. The molecular formula is C21H28ClN5O2. The second-order valence-corrected chi connectivity index (χ2v) is 8.96. The van der Waals surface area contributed by atoms with Gasteiger partial charge in [0.05, 0.1) is 11.6 Å². The van der Waals surface area contributed by atoms with E-state index >= 15 is 0 Å². The van der Waals surface area contributed by atoms with E-state index in [1.807, 2.05) is 16.8 Å². The van der Waals surface area contributed by atoms with Crippen molar-refractivity contribution in [3.63, 3.8) is 0 Å². The summed E-state index contributed by atoms with van der Waals surface area (Å²) in [6.45, 7) is 2.89. The number of benzene rings is 1. The summed E-state index contributed by atoms with van der Waals surface area (Å²) in [4.78, 5) is 12.0. The zero-order valence-corrected chi connectivity index (χ0v) is 17.3. The highest BCUT2D eigenvalue weighted by Crippen LogP contribution is 2.37. The Bertz CT molecular complexity index is 878. The third kappa shape index (κ3) is 4.74. The largest absolute Gasteiger partial charge is 0.389 e.